The van der Waals surface area contributed by atoms with Gasteiger partial charge in [-0.15, -0.1) is 11.3 Å². The van der Waals surface area contributed by atoms with Crippen LogP contribution in [0.15, 0.2) is 5.38 Å². The molecule has 7 nitrogen and oxygen atoms in total. The molecule has 0 bridgehead atoms. The quantitative estimate of drug-likeness (QED) is 0.836. The monoisotopic (exact) mass is 297 g/mol. The number of anilines is 1. The van der Waals surface area contributed by atoms with E-state index < -0.39 is 0 Å². The Morgan fingerprint density at radius 1 is 1.35 bits per heavy atom. The first-order valence-corrected chi connectivity index (χ1v) is 7.36. The van der Waals surface area contributed by atoms with E-state index in [9.17, 15) is 9.59 Å². The molecular weight excluding hydrogens is 278 g/mol. The summed E-state index contributed by atoms with van der Waals surface area (Å²) in [5, 5.41) is 7.65. The zero-order valence-electron chi connectivity index (χ0n) is 11.7. The van der Waals surface area contributed by atoms with E-state index in [-0.39, 0.29) is 18.4 Å². The third-order valence-corrected chi connectivity index (χ3v) is 3.98. The molecule has 0 spiro atoms. The van der Waals surface area contributed by atoms with Crippen LogP contribution in [0.4, 0.5) is 9.93 Å². The molecule has 1 aliphatic rings. The Hall–Kier alpha value is -1.67. The van der Waals surface area contributed by atoms with Gasteiger partial charge in [0.2, 0.25) is 5.91 Å². The van der Waals surface area contributed by atoms with Gasteiger partial charge in [-0.25, -0.2) is 9.78 Å². The van der Waals surface area contributed by atoms with Crippen LogP contribution in [-0.4, -0.2) is 67.0 Å². The van der Waals surface area contributed by atoms with Crippen molar-refractivity contribution in [1.82, 2.24) is 20.1 Å². The first kappa shape index (κ1) is 14.7. The predicted molar refractivity (Wildman–Crippen MR) is 78.0 cm³/mol. The Labute approximate surface area is 122 Å². The van der Waals surface area contributed by atoms with E-state index >= 15 is 0 Å². The van der Waals surface area contributed by atoms with Crippen molar-refractivity contribution < 1.29 is 9.59 Å². The summed E-state index contributed by atoms with van der Waals surface area (Å²) in [4.78, 5) is 31.5. The van der Waals surface area contributed by atoms with Crippen molar-refractivity contribution in [3.8, 4) is 0 Å². The molecule has 110 valence electrons. The van der Waals surface area contributed by atoms with Crippen molar-refractivity contribution in [3.05, 3.63) is 11.1 Å². The van der Waals surface area contributed by atoms with Crippen LogP contribution in [0.2, 0.25) is 0 Å². The number of carbonyl (C=O) groups is 2. The van der Waals surface area contributed by atoms with Gasteiger partial charge in [0.05, 0.1) is 12.1 Å². The number of aromatic nitrogens is 1. The highest BCUT2D eigenvalue weighted by Gasteiger charge is 2.19. The lowest BCUT2D eigenvalue weighted by atomic mass is 10.3. The number of thiazole rings is 1. The van der Waals surface area contributed by atoms with Gasteiger partial charge in [0.15, 0.2) is 5.13 Å². The summed E-state index contributed by atoms with van der Waals surface area (Å²) in [5.41, 5.74) is 0.669. The molecule has 1 saturated heterocycles. The Balaban J connectivity index is 1.86. The highest BCUT2D eigenvalue weighted by Crippen LogP contribution is 2.16. The van der Waals surface area contributed by atoms with Gasteiger partial charge in [0.1, 0.15) is 0 Å². The van der Waals surface area contributed by atoms with E-state index in [0.717, 1.165) is 26.2 Å². The zero-order chi connectivity index (χ0) is 14.5. The maximum absolute atomic E-state index is 12.0. The summed E-state index contributed by atoms with van der Waals surface area (Å²) in [7, 11) is 3.63. The van der Waals surface area contributed by atoms with Crippen LogP contribution >= 0.6 is 11.3 Å². The summed E-state index contributed by atoms with van der Waals surface area (Å²) in [6.07, 6.45) is 0.234. The first-order valence-electron chi connectivity index (χ1n) is 6.48. The molecule has 0 aliphatic carbocycles. The van der Waals surface area contributed by atoms with Crippen LogP contribution in [0.25, 0.3) is 0 Å². The molecular formula is C12H19N5O2S. The van der Waals surface area contributed by atoms with Gasteiger partial charge in [-0.1, -0.05) is 0 Å². The molecule has 3 amide bonds. The van der Waals surface area contributed by atoms with Crippen molar-refractivity contribution in [2.24, 2.45) is 0 Å². The number of carbonyl (C=O) groups excluding carboxylic acids is 2. The number of nitrogens with one attached hydrogen (secondary N) is 2. The summed E-state index contributed by atoms with van der Waals surface area (Å²) in [6.45, 7) is 3.21. The molecule has 8 heteroatoms. The van der Waals surface area contributed by atoms with Crippen LogP contribution < -0.4 is 10.6 Å². The number of likely N-dealkylation sites (N-methyl/N-ethyl adjacent to an activating group) is 2. The van der Waals surface area contributed by atoms with Crippen LogP contribution in [0, 0.1) is 0 Å². The topological polar surface area (TPSA) is 77.6 Å². The van der Waals surface area contributed by atoms with Gasteiger partial charge >= 0.3 is 6.03 Å². The van der Waals surface area contributed by atoms with Gasteiger partial charge in [-0.05, 0) is 7.05 Å². The van der Waals surface area contributed by atoms with E-state index in [4.69, 9.17) is 0 Å². The van der Waals surface area contributed by atoms with E-state index in [1.165, 1.54) is 11.3 Å². The molecule has 1 aromatic rings. The molecule has 1 fully saturated rings. The Bertz CT molecular complexity index is 482. The fourth-order valence-corrected chi connectivity index (χ4v) is 2.58. The Morgan fingerprint density at radius 2 is 2.05 bits per heavy atom. The minimum atomic E-state index is -0.126. The summed E-state index contributed by atoms with van der Waals surface area (Å²) < 4.78 is 0. The third kappa shape index (κ3) is 3.91. The minimum Gasteiger partial charge on any atom is -0.359 e. The van der Waals surface area contributed by atoms with Gasteiger partial charge in [-0.2, -0.15) is 0 Å². The maximum Gasteiger partial charge on any atom is 0.323 e. The number of nitrogens with zero attached hydrogens (tertiary/aromatic N) is 3. The maximum atomic E-state index is 12.0. The van der Waals surface area contributed by atoms with Crippen LogP contribution in [-0.2, 0) is 11.2 Å². The number of amides is 3. The number of hydrogen-bond donors (Lipinski definition) is 2. The number of hydrogen-bond acceptors (Lipinski definition) is 5. The molecule has 0 unspecified atom stereocenters. The van der Waals surface area contributed by atoms with Crippen molar-refractivity contribution in [3.63, 3.8) is 0 Å². The summed E-state index contributed by atoms with van der Waals surface area (Å²) in [5.74, 6) is -0.0905. The molecule has 0 atom stereocenters. The smallest absolute Gasteiger partial charge is 0.323 e. The zero-order valence-corrected chi connectivity index (χ0v) is 12.5. The molecule has 0 radical (unpaired) electrons. The van der Waals surface area contributed by atoms with E-state index in [1.54, 1.807) is 17.3 Å². The fourth-order valence-electron chi connectivity index (χ4n) is 1.88. The Morgan fingerprint density at radius 3 is 2.70 bits per heavy atom. The average molecular weight is 297 g/mol. The lowest BCUT2D eigenvalue weighted by Gasteiger charge is -2.32. The van der Waals surface area contributed by atoms with Crippen molar-refractivity contribution >= 4 is 28.4 Å². The van der Waals surface area contributed by atoms with Crippen molar-refractivity contribution in [2.45, 2.75) is 6.42 Å². The molecule has 0 aromatic carbocycles. The number of urea groups is 1. The molecule has 2 rings (SSSR count). The second-order valence-electron chi connectivity index (χ2n) is 4.71. The van der Waals surface area contributed by atoms with Gasteiger partial charge < -0.3 is 15.1 Å². The van der Waals surface area contributed by atoms with Crippen LogP contribution in [0.5, 0.6) is 0 Å². The largest absolute Gasteiger partial charge is 0.359 e. The molecule has 20 heavy (non-hydrogen) atoms. The third-order valence-electron chi connectivity index (χ3n) is 3.18. The lowest BCUT2D eigenvalue weighted by molar-refractivity contribution is -0.120. The first-order chi connectivity index (χ1) is 9.58. The Kier molecular flexibility index (Phi) is 4.91. The van der Waals surface area contributed by atoms with E-state index in [1.807, 2.05) is 7.05 Å². The SMILES string of the molecule is CNC(=O)Cc1csc(NC(=O)N2CCN(C)CC2)n1. The molecule has 2 heterocycles. The predicted octanol–water partition coefficient (Wildman–Crippen LogP) is 0.211. The standard InChI is InChI=1S/C12H19N5O2S/c1-13-10(18)7-9-8-20-11(14-9)15-12(19)17-5-3-16(2)4-6-17/h8H,3-7H2,1-2H3,(H,13,18)(H,14,15,19). The van der Waals surface area contributed by atoms with Crippen molar-refractivity contribution in [2.75, 3.05) is 45.6 Å². The lowest BCUT2D eigenvalue weighted by Crippen LogP contribution is -2.48. The fraction of sp³-hybridized carbons (Fsp3) is 0.583. The van der Waals surface area contributed by atoms with Gasteiger partial charge in [0.25, 0.3) is 0 Å². The van der Waals surface area contributed by atoms with Crippen molar-refractivity contribution in [1.29, 1.82) is 0 Å². The molecule has 0 saturated carbocycles. The highest BCUT2D eigenvalue weighted by atomic mass is 32.1. The summed E-state index contributed by atoms with van der Waals surface area (Å²) in [6, 6.07) is -0.126. The molecule has 2 N–H and O–H groups in total. The van der Waals surface area contributed by atoms with Gasteiger partial charge in [0, 0.05) is 38.6 Å². The van der Waals surface area contributed by atoms with Crippen LogP contribution in [0.1, 0.15) is 5.69 Å². The van der Waals surface area contributed by atoms with Gasteiger partial charge in [-0.3, -0.25) is 10.1 Å². The van der Waals surface area contributed by atoms with E-state index in [0.29, 0.717) is 10.8 Å². The number of piperazine rings is 1. The normalized spacial score (nSPS) is 16.0. The van der Waals surface area contributed by atoms with E-state index in [2.05, 4.69) is 20.5 Å². The molecule has 1 aromatic heterocycles. The number of rotatable bonds is 3. The second-order valence-corrected chi connectivity index (χ2v) is 5.57. The average Bonchev–Trinajstić information content (AvgIpc) is 2.86. The highest BCUT2D eigenvalue weighted by molar-refractivity contribution is 7.13. The molecule has 1 aliphatic heterocycles. The van der Waals surface area contributed by atoms with Crippen LogP contribution in [0.3, 0.4) is 0 Å². The second kappa shape index (κ2) is 6.67. The summed E-state index contributed by atoms with van der Waals surface area (Å²) >= 11 is 1.33. The minimum absolute atomic E-state index is 0.0905.